The Kier molecular flexibility index (Phi) is 12.5. The van der Waals surface area contributed by atoms with Gasteiger partial charge in [-0.3, -0.25) is 24.4 Å². The van der Waals surface area contributed by atoms with Crippen LogP contribution in [0.3, 0.4) is 0 Å². The van der Waals surface area contributed by atoms with Gasteiger partial charge in [-0.25, -0.2) is 14.4 Å². The van der Waals surface area contributed by atoms with Crippen LogP contribution in [-0.2, 0) is 29.6 Å². The van der Waals surface area contributed by atoms with Crippen LogP contribution in [0.2, 0.25) is 5.02 Å². The highest BCUT2D eigenvalue weighted by atomic mass is 35.5. The Hall–Kier alpha value is -3.94. The number of benzene rings is 1. The third-order valence-corrected chi connectivity index (χ3v) is 13.3. The lowest BCUT2D eigenvalue weighted by atomic mass is 9.85. The third kappa shape index (κ3) is 9.52. The van der Waals surface area contributed by atoms with Crippen molar-refractivity contribution in [2.45, 2.75) is 133 Å². The van der Waals surface area contributed by atoms with Crippen molar-refractivity contribution >= 4 is 35.3 Å². The van der Waals surface area contributed by atoms with E-state index in [1.165, 1.54) is 61.6 Å². The van der Waals surface area contributed by atoms with Crippen LogP contribution in [0.5, 0.6) is 0 Å². The van der Waals surface area contributed by atoms with E-state index >= 15 is 0 Å². The van der Waals surface area contributed by atoms with E-state index in [2.05, 4.69) is 30.9 Å². The second-order valence-electron chi connectivity index (χ2n) is 17.1. The van der Waals surface area contributed by atoms with Gasteiger partial charge in [-0.05, 0) is 138 Å². The molecular weight excluding hydrogens is 745 g/mol. The van der Waals surface area contributed by atoms with Crippen LogP contribution in [0.1, 0.15) is 129 Å². The van der Waals surface area contributed by atoms with E-state index in [4.69, 9.17) is 16.6 Å². The number of amides is 3. The molecule has 3 aromatic rings. The minimum absolute atomic E-state index is 0.187. The molecule has 0 spiro atoms. The SMILES string of the molecule is Cn1ncc(-c2nc(NC3CCC(NCCCCCCCN4CCC(c5cc(F)cc6c5CN([C@H]5CCC(=O)NC5=O)C6=O)CC4)CC3)ncc2Cl)c1CC1CC1. The van der Waals surface area contributed by atoms with Crippen molar-refractivity contribution in [2.24, 2.45) is 13.0 Å². The molecule has 2 saturated carbocycles. The van der Waals surface area contributed by atoms with Gasteiger partial charge < -0.3 is 20.4 Å². The van der Waals surface area contributed by atoms with E-state index in [1.54, 1.807) is 12.3 Å². The fourth-order valence-electron chi connectivity index (χ4n) is 9.53. The van der Waals surface area contributed by atoms with Gasteiger partial charge in [0.15, 0.2) is 0 Å². The number of carbonyl (C=O) groups is 3. The first-order chi connectivity index (χ1) is 27.7. The molecule has 3 N–H and O–H groups in total. The number of hydrogen-bond donors (Lipinski definition) is 3. The smallest absolute Gasteiger partial charge is 0.255 e. The molecule has 5 heterocycles. The van der Waals surface area contributed by atoms with Gasteiger partial charge in [0, 0.05) is 48.9 Å². The Morgan fingerprint density at radius 1 is 0.895 bits per heavy atom. The standard InChI is InChI=1S/C43H57ClFN9O3/c1-52-38(21-27-7-8-27)34(24-48-52)40-36(44)25-47-43(51-40)49-31-11-9-30(10-12-31)46-17-5-3-2-4-6-18-53-19-15-28(16-20-53)32-22-29(45)23-33-35(32)26-54(42(33)57)37-13-14-39(55)50-41(37)56/h22-25,27-28,30-31,37,46H,2-21,26H2,1H3,(H,47,49,51)(H,50,55,56)/t30?,31?,37-/m0/s1. The summed E-state index contributed by atoms with van der Waals surface area (Å²) in [7, 11) is 2.00. The first-order valence-electron chi connectivity index (χ1n) is 21.4. The number of halogens is 2. The highest BCUT2D eigenvalue weighted by molar-refractivity contribution is 6.33. The maximum Gasteiger partial charge on any atom is 0.255 e. The number of aromatic nitrogens is 4. The van der Waals surface area contributed by atoms with Crippen LogP contribution in [-0.4, -0.2) is 91.6 Å². The summed E-state index contributed by atoms with van der Waals surface area (Å²) in [5.74, 6) is 0.0973. The molecule has 2 saturated heterocycles. The van der Waals surface area contributed by atoms with Crippen LogP contribution in [0.4, 0.5) is 10.3 Å². The molecule has 5 aliphatic rings. The van der Waals surface area contributed by atoms with Crippen molar-refractivity contribution in [3.63, 3.8) is 0 Å². The Morgan fingerprint density at radius 3 is 2.42 bits per heavy atom. The Labute approximate surface area is 340 Å². The number of carbonyl (C=O) groups excluding carboxylic acids is 3. The predicted molar refractivity (Wildman–Crippen MR) is 217 cm³/mol. The lowest BCUT2D eigenvalue weighted by Gasteiger charge is -2.33. The molecule has 0 radical (unpaired) electrons. The fourth-order valence-corrected chi connectivity index (χ4v) is 9.72. The number of fused-ring (bicyclic) bond motifs is 1. The lowest BCUT2D eigenvalue weighted by molar-refractivity contribution is -0.136. The largest absolute Gasteiger partial charge is 0.351 e. The average Bonchev–Trinajstić information content (AvgIpc) is 3.88. The monoisotopic (exact) mass is 801 g/mol. The molecule has 1 aromatic carbocycles. The Balaban J connectivity index is 0.693. The summed E-state index contributed by atoms with van der Waals surface area (Å²) in [6.45, 7) is 4.36. The van der Waals surface area contributed by atoms with Crippen LogP contribution in [0.25, 0.3) is 11.3 Å². The van der Waals surface area contributed by atoms with Crippen LogP contribution in [0.15, 0.2) is 24.5 Å². The number of likely N-dealkylation sites (tertiary alicyclic amines) is 1. The molecule has 0 bridgehead atoms. The zero-order valence-electron chi connectivity index (χ0n) is 33.2. The summed E-state index contributed by atoms with van der Waals surface area (Å²) in [4.78, 5) is 50.9. The number of anilines is 1. The van der Waals surface area contributed by atoms with Crippen molar-refractivity contribution in [3.05, 3.63) is 57.8 Å². The molecule has 1 atom stereocenters. The van der Waals surface area contributed by atoms with E-state index in [0.29, 0.717) is 41.6 Å². The van der Waals surface area contributed by atoms with Crippen molar-refractivity contribution in [1.29, 1.82) is 0 Å². The molecule has 306 valence electrons. The molecule has 3 amide bonds. The Bertz CT molecular complexity index is 1940. The van der Waals surface area contributed by atoms with Crippen molar-refractivity contribution in [1.82, 2.24) is 40.2 Å². The molecule has 2 aromatic heterocycles. The highest BCUT2D eigenvalue weighted by Crippen LogP contribution is 2.39. The van der Waals surface area contributed by atoms with Gasteiger partial charge in [-0.1, -0.05) is 30.9 Å². The molecule has 0 unspecified atom stereocenters. The van der Waals surface area contributed by atoms with Crippen molar-refractivity contribution in [3.8, 4) is 11.3 Å². The summed E-state index contributed by atoms with van der Waals surface area (Å²) in [5, 5.41) is 14.8. The number of aryl methyl sites for hydroxylation is 1. The number of nitrogens with one attached hydrogen (secondary N) is 3. The fraction of sp³-hybridized carbons (Fsp3) is 0.628. The summed E-state index contributed by atoms with van der Waals surface area (Å²) in [6.07, 6.45) is 20.1. The molecule has 12 nitrogen and oxygen atoms in total. The van der Waals surface area contributed by atoms with Gasteiger partial charge in [0.2, 0.25) is 17.8 Å². The predicted octanol–water partition coefficient (Wildman–Crippen LogP) is 6.53. The quantitative estimate of drug-likeness (QED) is 0.109. The van der Waals surface area contributed by atoms with Gasteiger partial charge in [-0.15, -0.1) is 0 Å². The topological polar surface area (TPSA) is 137 Å². The van der Waals surface area contributed by atoms with Gasteiger partial charge in [0.25, 0.3) is 5.91 Å². The molecule has 4 fully saturated rings. The number of hydrogen-bond acceptors (Lipinski definition) is 9. The summed E-state index contributed by atoms with van der Waals surface area (Å²) >= 11 is 6.59. The zero-order chi connectivity index (χ0) is 39.5. The van der Waals surface area contributed by atoms with Crippen LogP contribution >= 0.6 is 11.6 Å². The Morgan fingerprint density at radius 2 is 1.65 bits per heavy atom. The zero-order valence-corrected chi connectivity index (χ0v) is 34.0. The normalized spacial score (nSPS) is 23.2. The maximum atomic E-state index is 14.8. The second-order valence-corrected chi connectivity index (χ2v) is 17.5. The van der Waals surface area contributed by atoms with Gasteiger partial charge in [0.05, 0.1) is 23.1 Å². The van der Waals surface area contributed by atoms with Gasteiger partial charge in [0.1, 0.15) is 11.9 Å². The molecule has 3 aliphatic heterocycles. The molecular formula is C43H57ClFN9O3. The van der Waals surface area contributed by atoms with Crippen LogP contribution < -0.4 is 16.0 Å². The van der Waals surface area contributed by atoms with Crippen molar-refractivity contribution in [2.75, 3.05) is 31.5 Å². The number of piperidine rings is 2. The number of nitrogens with zero attached hydrogens (tertiary/aromatic N) is 6. The third-order valence-electron chi connectivity index (χ3n) is 13.1. The summed E-state index contributed by atoms with van der Waals surface area (Å²) in [5.41, 5.74) is 5.10. The summed E-state index contributed by atoms with van der Waals surface area (Å²) < 4.78 is 16.8. The van der Waals surface area contributed by atoms with E-state index in [9.17, 15) is 18.8 Å². The van der Waals surface area contributed by atoms with E-state index in [0.717, 1.165) is 99.4 Å². The number of imide groups is 1. The molecule has 14 heteroatoms. The minimum Gasteiger partial charge on any atom is -0.351 e. The average molecular weight is 802 g/mol. The summed E-state index contributed by atoms with van der Waals surface area (Å²) in [6, 6.07) is 3.13. The first kappa shape index (κ1) is 39.9. The van der Waals surface area contributed by atoms with Gasteiger partial charge in [-0.2, -0.15) is 5.10 Å². The second kappa shape index (κ2) is 17.9. The van der Waals surface area contributed by atoms with E-state index in [1.807, 2.05) is 17.9 Å². The number of rotatable bonds is 16. The minimum atomic E-state index is -0.693. The molecule has 8 rings (SSSR count). The number of unbranched alkanes of at least 4 members (excludes halogenated alkanes) is 4. The molecule has 2 aliphatic carbocycles. The lowest BCUT2D eigenvalue weighted by Crippen LogP contribution is -2.52. The maximum absolute atomic E-state index is 14.8. The van der Waals surface area contributed by atoms with Crippen LogP contribution in [0, 0.1) is 11.7 Å². The van der Waals surface area contributed by atoms with Crippen molar-refractivity contribution < 1.29 is 18.8 Å². The highest BCUT2D eigenvalue weighted by Gasteiger charge is 2.41. The molecule has 57 heavy (non-hydrogen) atoms. The van der Waals surface area contributed by atoms with Gasteiger partial charge >= 0.3 is 0 Å². The van der Waals surface area contributed by atoms with E-state index in [-0.39, 0.29) is 24.2 Å². The first-order valence-corrected chi connectivity index (χ1v) is 21.8. The van der Waals surface area contributed by atoms with E-state index < -0.39 is 17.8 Å².